The highest BCUT2D eigenvalue weighted by Gasteiger charge is 2.03. The third kappa shape index (κ3) is 2.27. The lowest BCUT2D eigenvalue weighted by Gasteiger charge is -2.06. The van der Waals surface area contributed by atoms with Gasteiger partial charge in [-0.05, 0) is 12.1 Å². The molecular weight excluding hydrogens is 199 g/mol. The molecule has 1 aromatic carbocycles. The molecule has 66 valence electrons. The molecule has 0 saturated heterocycles. The van der Waals surface area contributed by atoms with Gasteiger partial charge in [0.2, 0.25) is 0 Å². The lowest BCUT2D eigenvalue weighted by atomic mass is 10.3. The van der Waals surface area contributed by atoms with Gasteiger partial charge >= 0.3 is 0 Å². The van der Waals surface area contributed by atoms with Crippen LogP contribution in [0, 0.1) is 0 Å². The van der Waals surface area contributed by atoms with Crippen molar-refractivity contribution in [3.8, 4) is 5.75 Å². The molecule has 0 unspecified atom stereocenters. The van der Waals surface area contributed by atoms with Gasteiger partial charge in [-0.25, -0.2) is 0 Å². The molecule has 0 spiro atoms. The summed E-state index contributed by atoms with van der Waals surface area (Å²) >= 11 is 11.6. The van der Waals surface area contributed by atoms with E-state index in [1.807, 2.05) is 0 Å². The Balaban J connectivity index is 2.78. The SMILES string of the molecule is COCOc1cccc(Cl)c1Cl. The van der Waals surface area contributed by atoms with Crippen molar-refractivity contribution in [3.63, 3.8) is 0 Å². The Morgan fingerprint density at radius 3 is 2.75 bits per heavy atom. The first kappa shape index (κ1) is 9.65. The molecule has 0 radical (unpaired) electrons. The summed E-state index contributed by atoms with van der Waals surface area (Å²) in [5.74, 6) is 0.533. The van der Waals surface area contributed by atoms with Crippen LogP contribution in [-0.4, -0.2) is 13.9 Å². The highest BCUT2D eigenvalue weighted by atomic mass is 35.5. The van der Waals surface area contributed by atoms with Gasteiger partial charge in [-0.15, -0.1) is 0 Å². The Labute approximate surface area is 81.0 Å². The van der Waals surface area contributed by atoms with Gasteiger partial charge in [0.05, 0.1) is 5.02 Å². The maximum absolute atomic E-state index is 5.82. The third-order valence-electron chi connectivity index (χ3n) is 1.25. The van der Waals surface area contributed by atoms with E-state index in [-0.39, 0.29) is 6.79 Å². The molecule has 0 aliphatic rings. The predicted molar refractivity (Wildman–Crippen MR) is 49.0 cm³/mol. The number of ether oxygens (including phenoxy) is 2. The minimum Gasteiger partial charge on any atom is -0.466 e. The van der Waals surface area contributed by atoms with Crippen LogP contribution in [0.1, 0.15) is 0 Å². The number of methoxy groups -OCH3 is 1. The zero-order valence-electron chi connectivity index (χ0n) is 6.51. The summed E-state index contributed by atoms with van der Waals surface area (Å²) in [4.78, 5) is 0. The highest BCUT2D eigenvalue weighted by Crippen LogP contribution is 2.31. The molecule has 0 fully saturated rings. The van der Waals surface area contributed by atoms with Crippen molar-refractivity contribution in [3.05, 3.63) is 28.2 Å². The van der Waals surface area contributed by atoms with Gasteiger partial charge in [-0.2, -0.15) is 0 Å². The molecule has 4 heteroatoms. The number of halogens is 2. The van der Waals surface area contributed by atoms with Crippen molar-refractivity contribution < 1.29 is 9.47 Å². The van der Waals surface area contributed by atoms with Crippen LogP contribution in [0.15, 0.2) is 18.2 Å². The van der Waals surface area contributed by atoms with E-state index in [9.17, 15) is 0 Å². The minimum atomic E-state index is 0.167. The highest BCUT2D eigenvalue weighted by molar-refractivity contribution is 6.42. The zero-order chi connectivity index (χ0) is 8.97. The lowest BCUT2D eigenvalue weighted by Crippen LogP contribution is -1.99. The van der Waals surface area contributed by atoms with Crippen molar-refractivity contribution in [2.45, 2.75) is 0 Å². The second kappa shape index (κ2) is 4.55. The largest absolute Gasteiger partial charge is 0.466 e. The Morgan fingerprint density at radius 1 is 1.33 bits per heavy atom. The normalized spacial score (nSPS) is 9.92. The predicted octanol–water partition coefficient (Wildman–Crippen LogP) is 2.98. The van der Waals surface area contributed by atoms with Crippen molar-refractivity contribution >= 4 is 23.2 Å². The van der Waals surface area contributed by atoms with Crippen LogP contribution >= 0.6 is 23.2 Å². The van der Waals surface area contributed by atoms with Gasteiger partial charge in [-0.3, -0.25) is 0 Å². The smallest absolute Gasteiger partial charge is 0.188 e. The van der Waals surface area contributed by atoms with Crippen LogP contribution < -0.4 is 4.74 Å². The van der Waals surface area contributed by atoms with Gasteiger partial charge in [0.15, 0.2) is 6.79 Å². The lowest BCUT2D eigenvalue weighted by molar-refractivity contribution is 0.0512. The zero-order valence-corrected chi connectivity index (χ0v) is 8.02. The van der Waals surface area contributed by atoms with Gasteiger partial charge in [0.25, 0.3) is 0 Å². The summed E-state index contributed by atoms with van der Waals surface area (Å²) in [6.45, 7) is 0.167. The standard InChI is InChI=1S/C8H8Cl2O2/c1-11-5-12-7-4-2-3-6(9)8(7)10/h2-4H,5H2,1H3. The van der Waals surface area contributed by atoms with Gasteiger partial charge in [-0.1, -0.05) is 29.3 Å². The van der Waals surface area contributed by atoms with E-state index in [0.29, 0.717) is 15.8 Å². The van der Waals surface area contributed by atoms with E-state index in [1.165, 1.54) is 0 Å². The Morgan fingerprint density at radius 2 is 2.08 bits per heavy atom. The molecule has 0 bridgehead atoms. The second-order valence-corrected chi connectivity index (χ2v) is 2.89. The molecule has 0 aliphatic carbocycles. The average Bonchev–Trinajstić information content (AvgIpc) is 2.08. The molecule has 1 rings (SSSR count). The van der Waals surface area contributed by atoms with Crippen molar-refractivity contribution in [2.75, 3.05) is 13.9 Å². The van der Waals surface area contributed by atoms with Crippen LogP contribution in [0.4, 0.5) is 0 Å². The van der Waals surface area contributed by atoms with E-state index in [2.05, 4.69) is 0 Å². The first-order valence-electron chi connectivity index (χ1n) is 3.31. The van der Waals surface area contributed by atoms with Crippen LogP contribution in [0.3, 0.4) is 0 Å². The molecule has 0 aromatic heterocycles. The van der Waals surface area contributed by atoms with Crippen LogP contribution in [0.5, 0.6) is 5.75 Å². The van der Waals surface area contributed by atoms with E-state index in [4.69, 9.17) is 32.7 Å². The number of rotatable bonds is 3. The topological polar surface area (TPSA) is 18.5 Å². The van der Waals surface area contributed by atoms with Gasteiger partial charge in [0.1, 0.15) is 10.8 Å². The Kier molecular flexibility index (Phi) is 3.66. The number of hydrogen-bond acceptors (Lipinski definition) is 2. The van der Waals surface area contributed by atoms with Gasteiger partial charge in [0, 0.05) is 7.11 Å². The third-order valence-corrected chi connectivity index (χ3v) is 2.05. The fourth-order valence-electron chi connectivity index (χ4n) is 0.718. The molecule has 0 aliphatic heterocycles. The molecule has 0 atom stereocenters. The van der Waals surface area contributed by atoms with Crippen molar-refractivity contribution in [2.24, 2.45) is 0 Å². The average molecular weight is 207 g/mol. The second-order valence-electron chi connectivity index (χ2n) is 2.10. The van der Waals surface area contributed by atoms with Crippen LogP contribution in [-0.2, 0) is 4.74 Å². The fraction of sp³-hybridized carbons (Fsp3) is 0.250. The van der Waals surface area contributed by atoms with E-state index in [0.717, 1.165) is 0 Å². The summed E-state index contributed by atoms with van der Waals surface area (Å²) in [6.07, 6.45) is 0. The first-order valence-corrected chi connectivity index (χ1v) is 4.07. The summed E-state index contributed by atoms with van der Waals surface area (Å²) < 4.78 is 9.84. The molecule has 0 saturated carbocycles. The van der Waals surface area contributed by atoms with E-state index < -0.39 is 0 Å². The summed E-state index contributed by atoms with van der Waals surface area (Å²) in [7, 11) is 1.54. The Hall–Kier alpha value is -0.440. The summed E-state index contributed by atoms with van der Waals surface area (Å²) in [6, 6.07) is 5.19. The van der Waals surface area contributed by atoms with Crippen LogP contribution in [0.25, 0.3) is 0 Å². The molecular formula is C8H8Cl2O2. The van der Waals surface area contributed by atoms with Crippen molar-refractivity contribution in [1.29, 1.82) is 0 Å². The molecule has 2 nitrogen and oxygen atoms in total. The molecule has 0 heterocycles. The van der Waals surface area contributed by atoms with Crippen molar-refractivity contribution in [1.82, 2.24) is 0 Å². The maximum atomic E-state index is 5.82. The minimum absolute atomic E-state index is 0.167. The summed E-state index contributed by atoms with van der Waals surface area (Å²) in [5, 5.41) is 0.890. The quantitative estimate of drug-likeness (QED) is 0.709. The molecule has 12 heavy (non-hydrogen) atoms. The number of benzene rings is 1. The van der Waals surface area contributed by atoms with Gasteiger partial charge < -0.3 is 9.47 Å². The summed E-state index contributed by atoms with van der Waals surface area (Å²) in [5.41, 5.74) is 0. The molecule has 0 amide bonds. The molecule has 1 aromatic rings. The van der Waals surface area contributed by atoms with E-state index >= 15 is 0 Å². The Bertz CT molecular complexity index is 263. The maximum Gasteiger partial charge on any atom is 0.188 e. The fourth-order valence-corrected chi connectivity index (χ4v) is 1.06. The van der Waals surface area contributed by atoms with E-state index in [1.54, 1.807) is 25.3 Å². The van der Waals surface area contributed by atoms with Crippen LogP contribution in [0.2, 0.25) is 10.0 Å². The molecule has 0 N–H and O–H groups in total. The number of hydrogen-bond donors (Lipinski definition) is 0. The first-order chi connectivity index (χ1) is 5.75. The monoisotopic (exact) mass is 206 g/mol.